The molecule has 6 heteroatoms. The van der Waals surface area contributed by atoms with E-state index < -0.39 is 0 Å². The van der Waals surface area contributed by atoms with Crippen LogP contribution in [0.15, 0.2) is 18.3 Å². The van der Waals surface area contributed by atoms with Crippen LogP contribution in [0.2, 0.25) is 0 Å². The molecule has 1 aliphatic heterocycles. The molecular weight excluding hydrogens is 328 g/mol. The first-order chi connectivity index (χ1) is 12.7. The van der Waals surface area contributed by atoms with Crippen molar-refractivity contribution in [2.24, 2.45) is 11.8 Å². The summed E-state index contributed by atoms with van der Waals surface area (Å²) in [7, 11) is 0. The summed E-state index contributed by atoms with van der Waals surface area (Å²) in [6.07, 6.45) is 6.09. The van der Waals surface area contributed by atoms with E-state index in [1.54, 1.807) is 0 Å². The zero-order chi connectivity index (χ0) is 17.7. The van der Waals surface area contributed by atoms with Gasteiger partial charge in [0.15, 0.2) is 11.5 Å². The molecule has 2 aromatic rings. The molecule has 1 saturated carbocycles. The molecule has 0 aromatic carbocycles. The molecule has 6 nitrogen and oxygen atoms in total. The second-order valence-electron chi connectivity index (χ2n) is 7.89. The van der Waals surface area contributed by atoms with Crippen molar-refractivity contribution in [3.63, 3.8) is 0 Å². The summed E-state index contributed by atoms with van der Waals surface area (Å²) in [4.78, 5) is 17.4. The van der Waals surface area contributed by atoms with Gasteiger partial charge in [-0.05, 0) is 56.1 Å². The molecule has 3 aliphatic rings. The third-order valence-electron chi connectivity index (χ3n) is 5.98. The van der Waals surface area contributed by atoms with Gasteiger partial charge in [0.2, 0.25) is 0 Å². The van der Waals surface area contributed by atoms with E-state index in [-0.39, 0.29) is 5.91 Å². The van der Waals surface area contributed by atoms with Crippen molar-refractivity contribution in [2.45, 2.75) is 38.5 Å². The maximum absolute atomic E-state index is 12.8. The summed E-state index contributed by atoms with van der Waals surface area (Å²) in [5.41, 5.74) is 4.07. The molecule has 0 radical (unpaired) electrons. The molecule has 0 unspecified atom stereocenters. The lowest BCUT2D eigenvalue weighted by atomic mass is 10.0. The van der Waals surface area contributed by atoms with Crippen molar-refractivity contribution in [1.29, 1.82) is 0 Å². The van der Waals surface area contributed by atoms with E-state index in [2.05, 4.69) is 15.4 Å². The van der Waals surface area contributed by atoms with Crippen molar-refractivity contribution < 1.29 is 9.53 Å². The average molecular weight is 352 g/mol. The van der Waals surface area contributed by atoms with E-state index in [1.807, 2.05) is 29.9 Å². The van der Waals surface area contributed by atoms with E-state index in [0.29, 0.717) is 30.0 Å². The number of aromatic nitrogens is 3. The van der Waals surface area contributed by atoms with Crippen LogP contribution in [-0.4, -0.2) is 40.4 Å². The number of ether oxygens (including phenoxy) is 1. The summed E-state index contributed by atoms with van der Waals surface area (Å²) in [5, 5.41) is 7.80. The quantitative estimate of drug-likeness (QED) is 0.917. The molecule has 1 amide bonds. The molecule has 26 heavy (non-hydrogen) atoms. The van der Waals surface area contributed by atoms with Gasteiger partial charge in [-0.1, -0.05) is 6.07 Å². The van der Waals surface area contributed by atoms with Crippen LogP contribution in [0.25, 0.3) is 5.82 Å². The van der Waals surface area contributed by atoms with Crippen molar-refractivity contribution in [3.8, 4) is 5.82 Å². The van der Waals surface area contributed by atoms with Crippen LogP contribution in [0.5, 0.6) is 0 Å². The Morgan fingerprint density at radius 3 is 2.96 bits per heavy atom. The number of hydrogen-bond donors (Lipinski definition) is 1. The average Bonchev–Trinajstić information content (AvgIpc) is 3.17. The Labute approximate surface area is 153 Å². The summed E-state index contributed by atoms with van der Waals surface area (Å²) in [5.74, 6) is 2.53. The zero-order valence-corrected chi connectivity index (χ0v) is 15.1. The number of fused-ring (bicyclic) bond motifs is 3. The van der Waals surface area contributed by atoms with Gasteiger partial charge in [0.25, 0.3) is 5.91 Å². The lowest BCUT2D eigenvalue weighted by Crippen LogP contribution is -2.32. The first kappa shape index (κ1) is 16.0. The van der Waals surface area contributed by atoms with Gasteiger partial charge in [-0.2, -0.15) is 5.10 Å². The lowest BCUT2D eigenvalue weighted by molar-refractivity contribution is 0.0642. The first-order valence-corrected chi connectivity index (χ1v) is 9.61. The van der Waals surface area contributed by atoms with E-state index in [1.165, 1.54) is 12.1 Å². The van der Waals surface area contributed by atoms with Gasteiger partial charge >= 0.3 is 0 Å². The molecule has 2 aliphatic carbocycles. The third kappa shape index (κ3) is 2.72. The van der Waals surface area contributed by atoms with E-state index in [9.17, 15) is 4.79 Å². The fourth-order valence-corrected chi connectivity index (χ4v) is 4.33. The summed E-state index contributed by atoms with van der Waals surface area (Å²) < 4.78 is 7.31. The first-order valence-electron chi connectivity index (χ1n) is 9.61. The van der Waals surface area contributed by atoms with Crippen LogP contribution in [0.1, 0.15) is 52.5 Å². The Kier molecular flexibility index (Phi) is 3.81. The Hall–Kier alpha value is -2.21. The van der Waals surface area contributed by atoms with Gasteiger partial charge in [0, 0.05) is 37.4 Å². The number of pyridine rings is 1. The predicted molar refractivity (Wildman–Crippen MR) is 96.5 cm³/mol. The maximum Gasteiger partial charge on any atom is 0.272 e. The van der Waals surface area contributed by atoms with Crippen LogP contribution < -0.4 is 5.32 Å². The van der Waals surface area contributed by atoms with Crippen LogP contribution >= 0.6 is 0 Å². The summed E-state index contributed by atoms with van der Waals surface area (Å²) in [6, 6.07) is 4.03. The smallest absolute Gasteiger partial charge is 0.272 e. The van der Waals surface area contributed by atoms with Gasteiger partial charge in [-0.3, -0.25) is 4.79 Å². The highest BCUT2D eigenvalue weighted by molar-refractivity contribution is 5.94. The van der Waals surface area contributed by atoms with Crippen molar-refractivity contribution in [3.05, 3.63) is 40.8 Å². The van der Waals surface area contributed by atoms with Crippen LogP contribution in [-0.2, 0) is 11.2 Å². The Morgan fingerprint density at radius 2 is 2.19 bits per heavy atom. The number of nitrogens with zero attached hydrogens (tertiary/aromatic N) is 3. The number of carbonyl (C=O) groups is 1. The highest BCUT2D eigenvalue weighted by Gasteiger charge is 2.50. The molecular formula is C20H24N4O2. The number of nitrogens with one attached hydrogen (secondary N) is 1. The monoisotopic (exact) mass is 352 g/mol. The molecule has 5 rings (SSSR count). The molecule has 1 saturated heterocycles. The molecule has 1 N–H and O–H groups in total. The number of aryl methyl sites for hydroxylation is 1. The highest BCUT2D eigenvalue weighted by Crippen LogP contribution is 2.57. The van der Waals surface area contributed by atoms with Gasteiger partial charge < -0.3 is 10.1 Å². The SMILES string of the molecule is Cc1ccc(-n2nc(C(=O)NCC3CCOCC3)c3c2[C@@H]2C[C@@H]2C3)nc1. The minimum atomic E-state index is -0.0418. The fraction of sp³-hybridized carbons (Fsp3) is 0.550. The number of hydrogen-bond acceptors (Lipinski definition) is 4. The van der Waals surface area contributed by atoms with Crippen molar-refractivity contribution >= 4 is 5.91 Å². The standard InChI is InChI=1S/C20H24N4O2/c1-12-2-3-17(21-10-12)24-19-15-8-14(15)9-16(19)18(23-24)20(25)22-11-13-4-6-26-7-5-13/h2-3,10,13-15H,4-9,11H2,1H3,(H,22,25)/t14-,15-/m1/s1. The maximum atomic E-state index is 12.8. The second-order valence-corrected chi connectivity index (χ2v) is 7.89. The highest BCUT2D eigenvalue weighted by atomic mass is 16.5. The minimum Gasteiger partial charge on any atom is -0.381 e. The van der Waals surface area contributed by atoms with Crippen molar-refractivity contribution in [2.75, 3.05) is 19.8 Å². The zero-order valence-electron chi connectivity index (χ0n) is 15.1. The Bertz CT molecular complexity index is 836. The van der Waals surface area contributed by atoms with E-state index >= 15 is 0 Å². The van der Waals surface area contributed by atoms with E-state index in [4.69, 9.17) is 4.74 Å². The van der Waals surface area contributed by atoms with Crippen molar-refractivity contribution in [1.82, 2.24) is 20.1 Å². The molecule has 136 valence electrons. The van der Waals surface area contributed by atoms with Gasteiger partial charge in [0.05, 0.1) is 5.69 Å². The van der Waals surface area contributed by atoms with Crippen LogP contribution in [0, 0.1) is 18.8 Å². The molecule has 0 spiro atoms. The summed E-state index contributed by atoms with van der Waals surface area (Å²) >= 11 is 0. The summed E-state index contributed by atoms with van der Waals surface area (Å²) in [6.45, 7) is 4.33. The number of amides is 1. The molecule has 2 atom stereocenters. The number of rotatable bonds is 4. The topological polar surface area (TPSA) is 69.0 Å². The molecule has 2 fully saturated rings. The van der Waals surface area contributed by atoms with Gasteiger partial charge in [0.1, 0.15) is 0 Å². The predicted octanol–water partition coefficient (Wildman–Crippen LogP) is 2.39. The normalized spacial score (nSPS) is 24.2. The fourth-order valence-electron chi connectivity index (χ4n) is 4.33. The van der Waals surface area contributed by atoms with Gasteiger partial charge in [-0.15, -0.1) is 0 Å². The van der Waals surface area contributed by atoms with Crippen LogP contribution in [0.4, 0.5) is 0 Å². The van der Waals surface area contributed by atoms with Crippen LogP contribution in [0.3, 0.4) is 0 Å². The third-order valence-corrected chi connectivity index (χ3v) is 5.98. The second kappa shape index (κ2) is 6.20. The Balaban J connectivity index is 1.40. The largest absolute Gasteiger partial charge is 0.381 e. The van der Waals surface area contributed by atoms with Gasteiger partial charge in [-0.25, -0.2) is 9.67 Å². The molecule has 2 aromatic heterocycles. The Morgan fingerprint density at radius 1 is 1.35 bits per heavy atom. The lowest BCUT2D eigenvalue weighted by Gasteiger charge is -2.22. The molecule has 0 bridgehead atoms. The molecule has 3 heterocycles. The number of carbonyl (C=O) groups excluding carboxylic acids is 1. The minimum absolute atomic E-state index is 0.0418. The van der Waals surface area contributed by atoms with E-state index in [0.717, 1.165) is 49.4 Å².